The summed E-state index contributed by atoms with van der Waals surface area (Å²) in [6.07, 6.45) is 4.47. The fourth-order valence-corrected chi connectivity index (χ4v) is 4.73. The molecule has 3 rings (SSSR count). The minimum Gasteiger partial charge on any atom is -0.382 e. The Kier molecular flexibility index (Phi) is 5.10. The molecule has 0 saturated carbocycles. The monoisotopic (exact) mass is 339 g/mol. The molecule has 0 radical (unpaired) electrons. The molecule has 3 unspecified atom stereocenters. The van der Waals surface area contributed by atoms with E-state index in [1.54, 1.807) is 6.33 Å². The number of nitrogen functional groups attached to an aromatic ring is 1. The van der Waals surface area contributed by atoms with E-state index in [4.69, 9.17) is 10.5 Å². The first-order chi connectivity index (χ1) is 10.7. The van der Waals surface area contributed by atoms with Gasteiger partial charge in [-0.3, -0.25) is 4.57 Å². The zero-order valence-corrected chi connectivity index (χ0v) is 14.4. The highest BCUT2D eigenvalue weighted by atomic mass is 32.2. The summed E-state index contributed by atoms with van der Waals surface area (Å²) >= 11 is 3.91. The predicted molar refractivity (Wildman–Crippen MR) is 93.2 cm³/mol. The van der Waals surface area contributed by atoms with Crippen LogP contribution in [-0.4, -0.2) is 48.1 Å². The van der Waals surface area contributed by atoms with E-state index in [9.17, 15) is 0 Å². The first kappa shape index (κ1) is 15.9. The van der Waals surface area contributed by atoms with Crippen molar-refractivity contribution in [1.82, 2.24) is 19.5 Å². The van der Waals surface area contributed by atoms with Crippen molar-refractivity contribution in [1.29, 1.82) is 0 Å². The summed E-state index contributed by atoms with van der Waals surface area (Å²) in [6.45, 7) is 4.38. The van der Waals surface area contributed by atoms with Gasteiger partial charge in [-0.25, -0.2) is 15.0 Å². The molecule has 1 saturated heterocycles. The lowest BCUT2D eigenvalue weighted by molar-refractivity contribution is 0.0159. The number of rotatable bonds is 6. The van der Waals surface area contributed by atoms with Crippen LogP contribution in [0.4, 0.5) is 5.82 Å². The number of imidazole rings is 1. The van der Waals surface area contributed by atoms with Gasteiger partial charge in [0.25, 0.3) is 0 Å². The van der Waals surface area contributed by atoms with Crippen molar-refractivity contribution in [2.24, 2.45) is 0 Å². The highest BCUT2D eigenvalue weighted by molar-refractivity contribution is 8.00. The van der Waals surface area contributed by atoms with Gasteiger partial charge in [-0.2, -0.15) is 23.5 Å². The van der Waals surface area contributed by atoms with Gasteiger partial charge in [0, 0.05) is 17.4 Å². The minimum atomic E-state index is -0.0224. The average Bonchev–Trinajstić information content (AvgIpc) is 3.10. The number of fused-ring (bicyclic) bond motifs is 1. The molecule has 2 aromatic rings. The van der Waals surface area contributed by atoms with Crippen molar-refractivity contribution in [2.45, 2.75) is 37.9 Å². The van der Waals surface area contributed by atoms with E-state index in [1.807, 2.05) is 28.1 Å². The Morgan fingerprint density at radius 3 is 2.95 bits per heavy atom. The summed E-state index contributed by atoms with van der Waals surface area (Å²) in [5.41, 5.74) is 7.26. The van der Waals surface area contributed by atoms with Crippen LogP contribution in [0.3, 0.4) is 0 Å². The Balaban J connectivity index is 1.83. The molecule has 6 nitrogen and oxygen atoms in total. The lowest BCUT2D eigenvalue weighted by Gasteiger charge is -2.17. The minimum absolute atomic E-state index is 0.0224. The van der Waals surface area contributed by atoms with Gasteiger partial charge in [-0.05, 0) is 11.5 Å². The Morgan fingerprint density at radius 1 is 1.32 bits per heavy atom. The van der Waals surface area contributed by atoms with E-state index in [-0.39, 0.29) is 12.3 Å². The van der Waals surface area contributed by atoms with Crippen molar-refractivity contribution >= 4 is 40.5 Å². The molecule has 22 heavy (non-hydrogen) atoms. The third-order valence-corrected chi connectivity index (χ3v) is 5.97. The second kappa shape index (κ2) is 7.06. The Hall–Kier alpha value is -0.990. The fourth-order valence-electron chi connectivity index (χ4n) is 2.73. The van der Waals surface area contributed by atoms with Crippen molar-refractivity contribution < 1.29 is 4.74 Å². The molecular weight excluding hydrogens is 318 g/mol. The molecule has 0 bridgehead atoms. The first-order valence-corrected chi connectivity index (χ1v) is 9.72. The normalized spacial score (nSPS) is 25.1. The molecule has 0 amide bonds. The van der Waals surface area contributed by atoms with Gasteiger partial charge < -0.3 is 10.5 Å². The van der Waals surface area contributed by atoms with Gasteiger partial charge in [0.1, 0.15) is 18.1 Å². The zero-order chi connectivity index (χ0) is 15.5. The smallest absolute Gasteiger partial charge is 0.167 e. The molecule has 3 heterocycles. The number of hydrogen-bond donors (Lipinski definition) is 1. The van der Waals surface area contributed by atoms with Crippen LogP contribution in [0.5, 0.6) is 0 Å². The highest BCUT2D eigenvalue weighted by Crippen LogP contribution is 2.38. The Labute approximate surface area is 138 Å². The molecule has 1 fully saturated rings. The molecule has 0 aliphatic carbocycles. The summed E-state index contributed by atoms with van der Waals surface area (Å²) in [4.78, 5) is 12.7. The van der Waals surface area contributed by atoms with E-state index in [1.165, 1.54) is 6.33 Å². The Bertz CT molecular complexity index is 635. The first-order valence-electron chi connectivity index (χ1n) is 7.52. The third-order valence-electron chi connectivity index (χ3n) is 3.74. The Morgan fingerprint density at radius 2 is 2.18 bits per heavy atom. The summed E-state index contributed by atoms with van der Waals surface area (Å²) in [6, 6.07) is 0. The second-order valence-electron chi connectivity index (χ2n) is 5.10. The molecule has 3 atom stereocenters. The lowest BCUT2D eigenvalue weighted by Crippen LogP contribution is -2.21. The number of thioether (sulfide) groups is 2. The molecule has 120 valence electrons. The van der Waals surface area contributed by atoms with Gasteiger partial charge in [0.15, 0.2) is 11.5 Å². The number of hydrogen-bond acceptors (Lipinski definition) is 7. The van der Waals surface area contributed by atoms with E-state index in [0.29, 0.717) is 16.6 Å². The number of anilines is 1. The lowest BCUT2D eigenvalue weighted by atomic mass is 10.2. The summed E-state index contributed by atoms with van der Waals surface area (Å²) in [5.74, 6) is 3.67. The molecule has 1 aliphatic rings. The zero-order valence-electron chi connectivity index (χ0n) is 12.8. The average molecular weight is 339 g/mol. The van der Waals surface area contributed by atoms with Crippen LogP contribution in [0, 0.1) is 0 Å². The maximum Gasteiger partial charge on any atom is 0.167 e. The van der Waals surface area contributed by atoms with E-state index >= 15 is 0 Å². The highest BCUT2D eigenvalue weighted by Gasteiger charge is 2.36. The van der Waals surface area contributed by atoms with Crippen LogP contribution in [0.25, 0.3) is 11.2 Å². The third kappa shape index (κ3) is 3.04. The number of nitrogens with zero attached hydrogens (tertiary/aromatic N) is 4. The van der Waals surface area contributed by atoms with E-state index in [0.717, 1.165) is 29.3 Å². The van der Waals surface area contributed by atoms with E-state index in [2.05, 4.69) is 28.8 Å². The van der Waals surface area contributed by atoms with Crippen LogP contribution in [0.2, 0.25) is 0 Å². The van der Waals surface area contributed by atoms with Crippen LogP contribution >= 0.6 is 23.5 Å². The number of ether oxygens (including phenoxy) is 1. The topological polar surface area (TPSA) is 78.9 Å². The van der Waals surface area contributed by atoms with Crippen LogP contribution in [0.1, 0.15) is 26.5 Å². The fraction of sp³-hybridized carbons (Fsp3) is 0.643. The van der Waals surface area contributed by atoms with Gasteiger partial charge in [-0.15, -0.1) is 0 Å². The van der Waals surface area contributed by atoms with Gasteiger partial charge >= 0.3 is 0 Å². The summed E-state index contributed by atoms with van der Waals surface area (Å²) < 4.78 is 8.29. The molecule has 2 aromatic heterocycles. The van der Waals surface area contributed by atoms with Crippen molar-refractivity contribution in [2.75, 3.05) is 23.0 Å². The van der Waals surface area contributed by atoms with Gasteiger partial charge in [0.2, 0.25) is 0 Å². The quantitative estimate of drug-likeness (QED) is 0.866. The largest absolute Gasteiger partial charge is 0.382 e. The van der Waals surface area contributed by atoms with Crippen LogP contribution < -0.4 is 5.73 Å². The van der Waals surface area contributed by atoms with Crippen LogP contribution in [0.15, 0.2) is 12.7 Å². The molecular formula is C14H21N5OS2. The maximum atomic E-state index is 6.30. The van der Waals surface area contributed by atoms with Gasteiger partial charge in [0.05, 0.1) is 12.4 Å². The summed E-state index contributed by atoms with van der Waals surface area (Å²) in [5, 5.41) is 0.519. The van der Waals surface area contributed by atoms with Gasteiger partial charge in [-0.1, -0.05) is 13.8 Å². The molecule has 0 spiro atoms. The SMILES string of the molecule is CCSCC1OC(n2cnc3c(N)ncnc32)CC1SCC. The van der Waals surface area contributed by atoms with Crippen LogP contribution in [-0.2, 0) is 4.74 Å². The number of nitrogens with two attached hydrogens (primary N) is 1. The van der Waals surface area contributed by atoms with Crippen molar-refractivity contribution in [3.05, 3.63) is 12.7 Å². The summed E-state index contributed by atoms with van der Waals surface area (Å²) in [7, 11) is 0. The maximum absolute atomic E-state index is 6.30. The molecule has 8 heteroatoms. The number of aromatic nitrogens is 4. The second-order valence-corrected chi connectivity index (χ2v) is 7.94. The molecule has 0 aromatic carbocycles. The van der Waals surface area contributed by atoms with Crippen molar-refractivity contribution in [3.8, 4) is 0 Å². The molecule has 1 aliphatic heterocycles. The standard InChI is InChI=1S/C14H21N5OS2/c1-3-21-6-9-10(22-4-2)5-11(20-9)19-8-18-12-13(15)16-7-17-14(12)19/h7-11H,3-6H2,1-2H3,(H2,15,16,17). The van der Waals surface area contributed by atoms with Crippen molar-refractivity contribution in [3.63, 3.8) is 0 Å². The predicted octanol–water partition coefficient (Wildman–Crippen LogP) is 2.57. The molecule has 2 N–H and O–H groups in total. The van der Waals surface area contributed by atoms with E-state index < -0.39 is 0 Å².